The van der Waals surface area contributed by atoms with Crippen molar-refractivity contribution in [3.05, 3.63) is 0 Å². The minimum absolute atomic E-state index is 0.00928. The molecule has 1 saturated heterocycles. The Morgan fingerprint density at radius 3 is 2.21 bits per heavy atom. The van der Waals surface area contributed by atoms with Crippen LogP contribution < -0.4 is 0 Å². The van der Waals surface area contributed by atoms with Crippen molar-refractivity contribution in [2.45, 2.75) is 39.5 Å². The van der Waals surface area contributed by atoms with Gasteiger partial charge in [0.25, 0.3) is 0 Å². The molecule has 2 amide bonds. The average Bonchev–Trinajstić information content (AvgIpc) is 2.49. The van der Waals surface area contributed by atoms with Gasteiger partial charge in [0, 0.05) is 13.5 Å². The SMILES string of the molecule is CN1C(=O)CC2(CCCC2(C)C)C1=O. The molecule has 0 N–H and O–H groups in total. The van der Waals surface area contributed by atoms with E-state index < -0.39 is 0 Å². The lowest BCUT2D eigenvalue weighted by Gasteiger charge is -2.35. The Labute approximate surface area is 84.5 Å². The maximum atomic E-state index is 12.1. The summed E-state index contributed by atoms with van der Waals surface area (Å²) < 4.78 is 0. The standard InChI is InChI=1S/C11H17NO2/c1-10(2)5-4-6-11(10)7-8(13)12(3)9(11)14/h4-7H2,1-3H3. The van der Waals surface area contributed by atoms with E-state index in [1.165, 1.54) is 4.90 Å². The van der Waals surface area contributed by atoms with Gasteiger partial charge in [0.15, 0.2) is 0 Å². The van der Waals surface area contributed by atoms with Crippen molar-refractivity contribution in [2.75, 3.05) is 7.05 Å². The molecule has 3 nitrogen and oxygen atoms in total. The minimum Gasteiger partial charge on any atom is -0.285 e. The fraction of sp³-hybridized carbons (Fsp3) is 0.818. The Kier molecular flexibility index (Phi) is 1.79. The topological polar surface area (TPSA) is 37.4 Å². The molecule has 1 heterocycles. The number of rotatable bonds is 0. The monoisotopic (exact) mass is 195 g/mol. The Bertz CT molecular complexity index is 308. The quantitative estimate of drug-likeness (QED) is 0.550. The molecule has 1 aliphatic heterocycles. The Balaban J connectivity index is 2.43. The lowest BCUT2D eigenvalue weighted by atomic mass is 9.67. The van der Waals surface area contributed by atoms with Gasteiger partial charge < -0.3 is 0 Å². The van der Waals surface area contributed by atoms with Crippen LogP contribution >= 0.6 is 0 Å². The van der Waals surface area contributed by atoms with Gasteiger partial charge >= 0.3 is 0 Å². The van der Waals surface area contributed by atoms with Gasteiger partial charge in [0.05, 0.1) is 5.41 Å². The molecule has 1 atom stereocenters. The van der Waals surface area contributed by atoms with Gasteiger partial charge in [-0.25, -0.2) is 0 Å². The van der Waals surface area contributed by atoms with Crippen LogP contribution in [0.3, 0.4) is 0 Å². The van der Waals surface area contributed by atoms with E-state index in [0.717, 1.165) is 19.3 Å². The second-order valence-corrected chi connectivity index (χ2v) is 5.25. The molecule has 0 radical (unpaired) electrons. The van der Waals surface area contributed by atoms with Crippen LogP contribution in [0.5, 0.6) is 0 Å². The molecule has 0 aromatic heterocycles. The fourth-order valence-corrected chi connectivity index (χ4v) is 3.02. The van der Waals surface area contributed by atoms with E-state index >= 15 is 0 Å². The lowest BCUT2D eigenvalue weighted by molar-refractivity contribution is -0.142. The number of likely N-dealkylation sites (tertiary alicyclic amines) is 1. The van der Waals surface area contributed by atoms with Crippen LogP contribution in [-0.4, -0.2) is 23.8 Å². The summed E-state index contributed by atoms with van der Waals surface area (Å²) in [5, 5.41) is 0. The number of carbonyl (C=O) groups is 2. The van der Waals surface area contributed by atoms with Crippen molar-refractivity contribution in [1.29, 1.82) is 0 Å². The molecule has 78 valence electrons. The van der Waals surface area contributed by atoms with E-state index in [2.05, 4.69) is 13.8 Å². The van der Waals surface area contributed by atoms with Gasteiger partial charge in [-0.05, 0) is 18.3 Å². The van der Waals surface area contributed by atoms with E-state index in [1.54, 1.807) is 7.05 Å². The van der Waals surface area contributed by atoms with Crippen molar-refractivity contribution in [2.24, 2.45) is 10.8 Å². The van der Waals surface area contributed by atoms with Gasteiger partial charge in [-0.1, -0.05) is 20.3 Å². The normalized spacial score (nSPS) is 36.1. The number of hydrogen-bond acceptors (Lipinski definition) is 2. The van der Waals surface area contributed by atoms with Crippen LogP contribution in [0.2, 0.25) is 0 Å². The zero-order chi connectivity index (χ0) is 10.6. The maximum Gasteiger partial charge on any atom is 0.236 e. The van der Waals surface area contributed by atoms with Crippen LogP contribution in [0, 0.1) is 10.8 Å². The molecule has 0 bridgehead atoms. The van der Waals surface area contributed by atoms with Crippen molar-refractivity contribution in [1.82, 2.24) is 4.90 Å². The van der Waals surface area contributed by atoms with Crippen LogP contribution in [0.4, 0.5) is 0 Å². The third kappa shape index (κ3) is 0.928. The van der Waals surface area contributed by atoms with Gasteiger partial charge in [-0.2, -0.15) is 0 Å². The fourth-order valence-electron chi connectivity index (χ4n) is 3.02. The second kappa shape index (κ2) is 2.59. The summed E-state index contributed by atoms with van der Waals surface area (Å²) in [6.45, 7) is 4.23. The highest BCUT2D eigenvalue weighted by atomic mass is 16.2. The lowest BCUT2D eigenvalue weighted by Crippen LogP contribution is -2.40. The molecule has 1 spiro atoms. The Morgan fingerprint density at radius 2 is 1.86 bits per heavy atom. The van der Waals surface area contributed by atoms with Crippen LogP contribution in [0.15, 0.2) is 0 Å². The van der Waals surface area contributed by atoms with Gasteiger partial charge in [-0.3, -0.25) is 14.5 Å². The summed E-state index contributed by atoms with van der Waals surface area (Å²) in [5.74, 6) is 0.0370. The van der Waals surface area contributed by atoms with Crippen LogP contribution in [0.25, 0.3) is 0 Å². The smallest absolute Gasteiger partial charge is 0.236 e. The van der Waals surface area contributed by atoms with Gasteiger partial charge in [0.2, 0.25) is 11.8 Å². The highest BCUT2D eigenvalue weighted by Crippen LogP contribution is 2.57. The van der Waals surface area contributed by atoms with Crippen molar-refractivity contribution >= 4 is 11.8 Å². The predicted molar refractivity (Wildman–Crippen MR) is 52.5 cm³/mol. The molecule has 1 aliphatic carbocycles. The van der Waals surface area contributed by atoms with Gasteiger partial charge in [-0.15, -0.1) is 0 Å². The van der Waals surface area contributed by atoms with Crippen molar-refractivity contribution < 1.29 is 9.59 Å². The van der Waals surface area contributed by atoms with Crippen molar-refractivity contribution in [3.8, 4) is 0 Å². The largest absolute Gasteiger partial charge is 0.285 e. The first kappa shape index (κ1) is 9.69. The number of nitrogens with zero attached hydrogens (tertiary/aromatic N) is 1. The maximum absolute atomic E-state index is 12.1. The van der Waals surface area contributed by atoms with E-state index in [-0.39, 0.29) is 22.6 Å². The third-order valence-corrected chi connectivity index (χ3v) is 4.24. The zero-order valence-corrected chi connectivity index (χ0v) is 9.09. The number of carbonyl (C=O) groups excluding carboxylic acids is 2. The number of imide groups is 1. The molecule has 2 aliphatic rings. The van der Waals surface area contributed by atoms with Gasteiger partial charge in [0.1, 0.15) is 0 Å². The summed E-state index contributed by atoms with van der Waals surface area (Å²) in [7, 11) is 1.60. The first-order valence-corrected chi connectivity index (χ1v) is 5.22. The molecule has 0 aromatic rings. The van der Waals surface area contributed by atoms with Crippen LogP contribution in [-0.2, 0) is 9.59 Å². The Hall–Kier alpha value is -0.860. The Morgan fingerprint density at radius 1 is 1.21 bits per heavy atom. The number of amides is 2. The molecule has 1 unspecified atom stereocenters. The first-order chi connectivity index (χ1) is 6.41. The average molecular weight is 195 g/mol. The molecule has 14 heavy (non-hydrogen) atoms. The summed E-state index contributed by atoms with van der Waals surface area (Å²) in [6.07, 6.45) is 3.43. The predicted octanol–water partition coefficient (Wildman–Crippen LogP) is 1.57. The molecular weight excluding hydrogens is 178 g/mol. The van der Waals surface area contributed by atoms with Crippen LogP contribution in [0.1, 0.15) is 39.5 Å². The second-order valence-electron chi connectivity index (χ2n) is 5.25. The molecule has 2 rings (SSSR count). The highest BCUT2D eigenvalue weighted by Gasteiger charge is 2.60. The minimum atomic E-state index is -0.376. The summed E-state index contributed by atoms with van der Waals surface area (Å²) in [4.78, 5) is 24.9. The van der Waals surface area contributed by atoms with E-state index in [0.29, 0.717) is 6.42 Å². The summed E-state index contributed by atoms with van der Waals surface area (Å²) in [5.41, 5.74) is -0.386. The molecular formula is C11H17NO2. The summed E-state index contributed by atoms with van der Waals surface area (Å²) in [6, 6.07) is 0. The van der Waals surface area contributed by atoms with E-state index in [9.17, 15) is 9.59 Å². The molecule has 1 saturated carbocycles. The number of hydrogen-bond donors (Lipinski definition) is 0. The van der Waals surface area contributed by atoms with E-state index in [4.69, 9.17) is 0 Å². The highest BCUT2D eigenvalue weighted by molar-refractivity contribution is 6.06. The van der Waals surface area contributed by atoms with E-state index in [1.807, 2.05) is 0 Å². The zero-order valence-electron chi connectivity index (χ0n) is 9.09. The molecule has 3 heteroatoms. The molecule has 2 fully saturated rings. The van der Waals surface area contributed by atoms with Crippen molar-refractivity contribution in [3.63, 3.8) is 0 Å². The third-order valence-electron chi connectivity index (χ3n) is 4.24. The first-order valence-electron chi connectivity index (χ1n) is 5.22. The summed E-state index contributed by atoms with van der Waals surface area (Å²) >= 11 is 0. The molecule has 0 aromatic carbocycles.